The van der Waals surface area contributed by atoms with Gasteiger partial charge in [0.1, 0.15) is 0 Å². The Hall–Kier alpha value is -0.520. The molecule has 0 aromatic rings. The quantitative estimate of drug-likeness (QED) is 0.458. The Morgan fingerprint density at radius 2 is 2.08 bits per heavy atom. The minimum atomic E-state index is 0.178. The normalized spacial score (nSPS) is 12.4. The molecule has 0 aliphatic carbocycles. The average Bonchev–Trinajstić information content (AvgIpc) is 2.17. The summed E-state index contributed by atoms with van der Waals surface area (Å²) in [7, 11) is 0. The molecule has 0 amide bonds. The molecule has 76 valence electrons. The third-order valence-corrected chi connectivity index (χ3v) is 1.74. The molecule has 0 bridgehead atoms. The van der Waals surface area contributed by atoms with Gasteiger partial charge in [0.2, 0.25) is 0 Å². The van der Waals surface area contributed by atoms with Crippen LogP contribution in [-0.4, -0.2) is 25.8 Å². The third kappa shape index (κ3) is 7.83. The molecule has 0 saturated heterocycles. The molecule has 1 unspecified atom stereocenters. The number of hydrogen-bond acceptors (Lipinski definition) is 2. The smallest absolute Gasteiger partial charge is 0.0709 e. The summed E-state index contributed by atoms with van der Waals surface area (Å²) < 4.78 is 5.36. The van der Waals surface area contributed by atoms with Crippen LogP contribution in [0.3, 0.4) is 0 Å². The molecule has 0 heterocycles. The van der Waals surface area contributed by atoms with Gasteiger partial charge in [0.15, 0.2) is 0 Å². The molecule has 0 radical (unpaired) electrons. The van der Waals surface area contributed by atoms with Gasteiger partial charge in [0.25, 0.3) is 0 Å². The van der Waals surface area contributed by atoms with Gasteiger partial charge in [0.05, 0.1) is 6.04 Å². The highest BCUT2D eigenvalue weighted by Gasteiger charge is 2.01. The first-order chi connectivity index (χ1) is 6.35. The Labute approximate surface area is 82.1 Å². The average molecular weight is 183 g/mol. The fraction of sp³-hybridized carbons (Fsp3) is 0.818. The van der Waals surface area contributed by atoms with Crippen molar-refractivity contribution in [2.75, 3.05) is 19.8 Å². The van der Waals surface area contributed by atoms with E-state index in [0.717, 1.165) is 39.0 Å². The Morgan fingerprint density at radius 3 is 2.62 bits per heavy atom. The molecular formula is C11H21NO. The molecule has 1 atom stereocenters. The third-order valence-electron chi connectivity index (χ3n) is 1.74. The number of nitrogens with one attached hydrogen (secondary N) is 1. The summed E-state index contributed by atoms with van der Waals surface area (Å²) in [6, 6.07) is 0.178. The van der Waals surface area contributed by atoms with Crippen LogP contribution in [-0.2, 0) is 4.74 Å². The lowest BCUT2D eigenvalue weighted by molar-refractivity contribution is 0.128. The second kappa shape index (κ2) is 9.57. The van der Waals surface area contributed by atoms with Gasteiger partial charge in [-0.1, -0.05) is 19.8 Å². The molecule has 0 saturated carbocycles. The lowest BCUT2D eigenvalue weighted by Crippen LogP contribution is -2.29. The Morgan fingerprint density at radius 1 is 1.31 bits per heavy atom. The van der Waals surface area contributed by atoms with E-state index in [4.69, 9.17) is 11.2 Å². The molecule has 0 aliphatic rings. The molecule has 1 N–H and O–H groups in total. The highest BCUT2D eigenvalue weighted by atomic mass is 16.5. The molecule has 2 heteroatoms. The van der Waals surface area contributed by atoms with Crippen molar-refractivity contribution in [3.63, 3.8) is 0 Å². The van der Waals surface area contributed by atoms with Gasteiger partial charge >= 0.3 is 0 Å². The predicted molar refractivity (Wildman–Crippen MR) is 56.6 cm³/mol. The fourth-order valence-electron chi connectivity index (χ4n) is 1.01. The standard InChI is InChI=1S/C11H21NO/c1-4-8-12-11(6-3)7-10-13-9-5-2/h3,11-12H,4-5,7-10H2,1-2H3. The summed E-state index contributed by atoms with van der Waals surface area (Å²) in [6.07, 6.45) is 8.46. The largest absolute Gasteiger partial charge is 0.381 e. The van der Waals surface area contributed by atoms with Crippen molar-refractivity contribution in [3.05, 3.63) is 0 Å². The second-order valence-corrected chi connectivity index (χ2v) is 3.07. The molecule has 0 rings (SSSR count). The van der Waals surface area contributed by atoms with E-state index in [2.05, 4.69) is 25.1 Å². The maximum absolute atomic E-state index is 5.36. The van der Waals surface area contributed by atoms with Gasteiger partial charge in [0, 0.05) is 13.2 Å². The van der Waals surface area contributed by atoms with E-state index in [1.54, 1.807) is 0 Å². The van der Waals surface area contributed by atoms with E-state index in [1.807, 2.05) is 0 Å². The molecule has 0 aromatic carbocycles. The molecule has 2 nitrogen and oxygen atoms in total. The van der Waals surface area contributed by atoms with Gasteiger partial charge in [-0.3, -0.25) is 0 Å². The van der Waals surface area contributed by atoms with Crippen LogP contribution < -0.4 is 5.32 Å². The van der Waals surface area contributed by atoms with Crippen LogP contribution in [0.25, 0.3) is 0 Å². The molecule has 13 heavy (non-hydrogen) atoms. The van der Waals surface area contributed by atoms with E-state index >= 15 is 0 Å². The summed E-state index contributed by atoms with van der Waals surface area (Å²) in [6.45, 7) is 6.83. The maximum atomic E-state index is 5.36. The lowest BCUT2D eigenvalue weighted by Gasteiger charge is -2.11. The molecule has 0 fully saturated rings. The summed E-state index contributed by atoms with van der Waals surface area (Å²) in [5, 5.41) is 3.28. The van der Waals surface area contributed by atoms with Crippen LogP contribution in [0.15, 0.2) is 0 Å². The summed E-state index contributed by atoms with van der Waals surface area (Å²) in [5.74, 6) is 2.72. The summed E-state index contributed by atoms with van der Waals surface area (Å²) >= 11 is 0. The Kier molecular flexibility index (Phi) is 9.18. The van der Waals surface area contributed by atoms with Crippen LogP contribution in [0.4, 0.5) is 0 Å². The molecular weight excluding hydrogens is 162 g/mol. The van der Waals surface area contributed by atoms with Crippen molar-refractivity contribution in [1.29, 1.82) is 0 Å². The highest BCUT2D eigenvalue weighted by molar-refractivity contribution is 4.98. The second-order valence-electron chi connectivity index (χ2n) is 3.07. The van der Waals surface area contributed by atoms with Gasteiger partial charge in [-0.15, -0.1) is 6.42 Å². The minimum Gasteiger partial charge on any atom is -0.381 e. The molecule has 0 spiro atoms. The maximum Gasteiger partial charge on any atom is 0.0709 e. The van der Waals surface area contributed by atoms with Crippen molar-refractivity contribution in [1.82, 2.24) is 5.32 Å². The lowest BCUT2D eigenvalue weighted by atomic mass is 10.2. The van der Waals surface area contributed by atoms with Gasteiger partial charge in [-0.05, 0) is 25.8 Å². The first-order valence-corrected chi connectivity index (χ1v) is 5.12. The summed E-state index contributed by atoms with van der Waals surface area (Å²) in [5.41, 5.74) is 0. The zero-order valence-electron chi connectivity index (χ0n) is 8.81. The molecule has 0 aliphatic heterocycles. The Balaban J connectivity index is 3.32. The topological polar surface area (TPSA) is 21.3 Å². The number of rotatable bonds is 8. The van der Waals surface area contributed by atoms with Crippen molar-refractivity contribution in [2.45, 2.75) is 39.2 Å². The van der Waals surface area contributed by atoms with Crippen molar-refractivity contribution < 1.29 is 4.74 Å². The monoisotopic (exact) mass is 183 g/mol. The zero-order valence-corrected chi connectivity index (χ0v) is 8.81. The molecule has 0 aromatic heterocycles. The Bertz CT molecular complexity index is 140. The van der Waals surface area contributed by atoms with E-state index < -0.39 is 0 Å². The zero-order chi connectivity index (χ0) is 9.94. The van der Waals surface area contributed by atoms with Crippen LogP contribution in [0, 0.1) is 12.3 Å². The van der Waals surface area contributed by atoms with Gasteiger partial charge < -0.3 is 10.1 Å². The fourth-order valence-corrected chi connectivity index (χ4v) is 1.01. The number of hydrogen-bond donors (Lipinski definition) is 1. The predicted octanol–water partition coefficient (Wildman–Crippen LogP) is 1.80. The summed E-state index contributed by atoms with van der Waals surface area (Å²) in [4.78, 5) is 0. The van der Waals surface area contributed by atoms with E-state index in [0.29, 0.717) is 0 Å². The first-order valence-electron chi connectivity index (χ1n) is 5.12. The van der Waals surface area contributed by atoms with Crippen molar-refractivity contribution in [3.8, 4) is 12.3 Å². The SMILES string of the molecule is C#CC(CCOCCC)NCCC. The number of ether oxygens (including phenoxy) is 1. The van der Waals surface area contributed by atoms with Gasteiger partial charge in [-0.25, -0.2) is 0 Å². The van der Waals surface area contributed by atoms with Crippen LogP contribution in [0.5, 0.6) is 0 Å². The van der Waals surface area contributed by atoms with Crippen LogP contribution >= 0.6 is 0 Å². The number of terminal acetylenes is 1. The van der Waals surface area contributed by atoms with Crippen LogP contribution in [0.2, 0.25) is 0 Å². The van der Waals surface area contributed by atoms with E-state index in [9.17, 15) is 0 Å². The minimum absolute atomic E-state index is 0.178. The highest BCUT2D eigenvalue weighted by Crippen LogP contribution is 1.92. The van der Waals surface area contributed by atoms with E-state index in [-0.39, 0.29) is 6.04 Å². The van der Waals surface area contributed by atoms with Gasteiger partial charge in [-0.2, -0.15) is 0 Å². The van der Waals surface area contributed by atoms with E-state index in [1.165, 1.54) is 0 Å². The first kappa shape index (κ1) is 12.5. The van der Waals surface area contributed by atoms with Crippen LogP contribution in [0.1, 0.15) is 33.1 Å². The van der Waals surface area contributed by atoms with Crippen molar-refractivity contribution >= 4 is 0 Å². The van der Waals surface area contributed by atoms with Crippen molar-refractivity contribution in [2.24, 2.45) is 0 Å².